The number of aliphatic hydroxyl groups excluding tert-OH is 1. The zero-order valence-corrected chi connectivity index (χ0v) is 21.1. The second-order valence-electron chi connectivity index (χ2n) is 9.43. The molecule has 8 nitrogen and oxygen atoms in total. The van der Waals surface area contributed by atoms with Gasteiger partial charge in [0.2, 0.25) is 0 Å². The maximum Gasteiger partial charge on any atom is 0.298 e. The van der Waals surface area contributed by atoms with Crippen LogP contribution in [0.5, 0.6) is 0 Å². The number of anilines is 2. The molecule has 4 aromatic rings. The third kappa shape index (κ3) is 4.37. The molecule has 5 rings (SSSR count). The molecule has 37 heavy (non-hydrogen) atoms. The van der Waals surface area contributed by atoms with E-state index in [1.54, 1.807) is 20.0 Å². The lowest BCUT2D eigenvalue weighted by Crippen LogP contribution is -2.34. The van der Waals surface area contributed by atoms with Gasteiger partial charge in [-0.3, -0.25) is 4.98 Å². The number of benzene rings is 1. The molecule has 0 bridgehead atoms. The van der Waals surface area contributed by atoms with Crippen LogP contribution in [0.2, 0.25) is 0 Å². The summed E-state index contributed by atoms with van der Waals surface area (Å²) >= 11 is 0. The van der Waals surface area contributed by atoms with Gasteiger partial charge in [0.1, 0.15) is 18.2 Å². The second kappa shape index (κ2) is 9.29. The van der Waals surface area contributed by atoms with Crippen molar-refractivity contribution in [3.8, 4) is 0 Å². The first kappa shape index (κ1) is 24.9. The molecule has 11 heteroatoms. The predicted molar refractivity (Wildman–Crippen MR) is 134 cm³/mol. The van der Waals surface area contributed by atoms with E-state index in [1.807, 2.05) is 19.9 Å². The van der Waals surface area contributed by atoms with E-state index in [9.17, 15) is 8.78 Å². The standard InChI is InChI=1S/C26H28F3N7O/c1-14(19-6-5-7-21(23(19)27)26(28,29)13-37)32-25-20-10-18(11-30-24(20)16(3)33-34-25)35-8-9-36-17(4)31-15(2)22(36)12-35/h5-7,10-11,14,37H,8-9,12-13H2,1-4H3,(H,32,34)/t14-/m1/s1. The summed E-state index contributed by atoms with van der Waals surface area (Å²) in [6.45, 7) is 8.28. The first-order valence-corrected chi connectivity index (χ1v) is 12.1. The van der Waals surface area contributed by atoms with Crippen molar-refractivity contribution < 1.29 is 18.3 Å². The fourth-order valence-corrected chi connectivity index (χ4v) is 4.92. The van der Waals surface area contributed by atoms with E-state index in [4.69, 9.17) is 5.11 Å². The third-order valence-corrected chi connectivity index (χ3v) is 6.97. The van der Waals surface area contributed by atoms with Gasteiger partial charge in [-0.05, 0) is 39.8 Å². The summed E-state index contributed by atoms with van der Waals surface area (Å²) in [4.78, 5) is 11.5. The van der Waals surface area contributed by atoms with Crippen LogP contribution in [-0.4, -0.2) is 43.0 Å². The number of hydrogen-bond acceptors (Lipinski definition) is 7. The molecule has 1 aliphatic rings. The van der Waals surface area contributed by atoms with Gasteiger partial charge in [-0.25, -0.2) is 9.37 Å². The van der Waals surface area contributed by atoms with E-state index < -0.39 is 30.0 Å². The molecule has 0 fully saturated rings. The number of alkyl halides is 2. The molecule has 0 amide bonds. The summed E-state index contributed by atoms with van der Waals surface area (Å²) in [6.07, 6.45) is 1.80. The average molecular weight is 512 g/mol. The Balaban J connectivity index is 1.49. The molecule has 4 heterocycles. The fraction of sp³-hybridized carbons (Fsp3) is 0.385. The van der Waals surface area contributed by atoms with Crippen LogP contribution in [0, 0.1) is 26.6 Å². The van der Waals surface area contributed by atoms with Crippen LogP contribution >= 0.6 is 0 Å². The summed E-state index contributed by atoms with van der Waals surface area (Å²) in [5.41, 5.74) is 3.53. The van der Waals surface area contributed by atoms with Gasteiger partial charge in [-0.2, -0.15) is 13.9 Å². The zero-order valence-electron chi connectivity index (χ0n) is 21.1. The molecular weight excluding hydrogens is 483 g/mol. The van der Waals surface area contributed by atoms with Crippen LogP contribution < -0.4 is 10.2 Å². The number of aromatic nitrogens is 5. The van der Waals surface area contributed by atoms with Crippen molar-refractivity contribution >= 4 is 22.4 Å². The zero-order chi connectivity index (χ0) is 26.5. The molecule has 1 aliphatic heterocycles. The van der Waals surface area contributed by atoms with Crippen molar-refractivity contribution in [1.82, 2.24) is 24.7 Å². The molecule has 0 saturated carbocycles. The van der Waals surface area contributed by atoms with Gasteiger partial charge in [0.15, 0.2) is 5.82 Å². The predicted octanol–water partition coefficient (Wildman–Crippen LogP) is 4.56. The lowest BCUT2D eigenvalue weighted by atomic mass is 10.00. The Morgan fingerprint density at radius 1 is 1.14 bits per heavy atom. The highest BCUT2D eigenvalue weighted by Crippen LogP contribution is 2.35. The maximum absolute atomic E-state index is 15.1. The van der Waals surface area contributed by atoms with Gasteiger partial charge in [0.25, 0.3) is 5.92 Å². The second-order valence-corrected chi connectivity index (χ2v) is 9.43. The Morgan fingerprint density at radius 2 is 1.92 bits per heavy atom. The summed E-state index contributed by atoms with van der Waals surface area (Å²) in [7, 11) is 0. The van der Waals surface area contributed by atoms with Gasteiger partial charge in [-0.15, -0.1) is 5.10 Å². The van der Waals surface area contributed by atoms with E-state index in [-0.39, 0.29) is 5.56 Å². The van der Waals surface area contributed by atoms with Gasteiger partial charge < -0.3 is 19.9 Å². The minimum atomic E-state index is -3.68. The highest BCUT2D eigenvalue weighted by molar-refractivity contribution is 5.92. The number of imidazole rings is 1. The summed E-state index contributed by atoms with van der Waals surface area (Å²) in [5, 5.41) is 21.3. The largest absolute Gasteiger partial charge is 0.390 e. The minimum absolute atomic E-state index is 0.0281. The van der Waals surface area contributed by atoms with Crippen LogP contribution in [0.4, 0.5) is 24.7 Å². The van der Waals surface area contributed by atoms with Crippen LogP contribution in [0.25, 0.3) is 10.9 Å². The Morgan fingerprint density at radius 3 is 2.68 bits per heavy atom. The van der Waals surface area contributed by atoms with E-state index in [2.05, 4.69) is 34.9 Å². The number of nitrogens with zero attached hydrogens (tertiary/aromatic N) is 6. The SMILES string of the molecule is Cc1nc(C)n2c1CN(c1cnc3c(C)nnc(N[C@H](C)c4cccc(C(F)(F)CO)c4F)c3c1)CC2. The van der Waals surface area contributed by atoms with Crippen LogP contribution in [0.1, 0.15) is 47.0 Å². The Hall–Kier alpha value is -3.73. The molecule has 0 radical (unpaired) electrons. The van der Waals surface area contributed by atoms with Gasteiger partial charge in [0, 0.05) is 24.0 Å². The first-order chi connectivity index (χ1) is 17.6. The van der Waals surface area contributed by atoms with E-state index in [1.165, 1.54) is 12.1 Å². The smallest absolute Gasteiger partial charge is 0.298 e. The molecule has 3 aromatic heterocycles. The fourth-order valence-electron chi connectivity index (χ4n) is 4.92. The number of aliphatic hydroxyl groups is 1. The number of fused-ring (bicyclic) bond motifs is 2. The van der Waals surface area contributed by atoms with Crippen molar-refractivity contribution in [2.24, 2.45) is 0 Å². The number of rotatable bonds is 6. The van der Waals surface area contributed by atoms with E-state index in [0.29, 0.717) is 29.0 Å². The molecule has 1 aromatic carbocycles. The number of hydrogen-bond donors (Lipinski definition) is 2. The van der Waals surface area contributed by atoms with Crippen molar-refractivity contribution in [2.45, 2.75) is 52.7 Å². The first-order valence-electron chi connectivity index (χ1n) is 12.1. The molecule has 2 N–H and O–H groups in total. The number of aryl methyl sites for hydroxylation is 3. The van der Waals surface area contributed by atoms with Gasteiger partial charge >= 0.3 is 0 Å². The molecule has 1 atom stereocenters. The molecular formula is C26H28F3N7O. The van der Waals surface area contributed by atoms with Crippen LogP contribution in [-0.2, 0) is 19.0 Å². The molecule has 0 saturated heterocycles. The van der Waals surface area contributed by atoms with Crippen molar-refractivity contribution in [3.63, 3.8) is 0 Å². The van der Waals surface area contributed by atoms with Crippen LogP contribution in [0.15, 0.2) is 30.5 Å². The number of pyridine rings is 1. The number of nitrogens with one attached hydrogen (secondary N) is 1. The Kier molecular flexibility index (Phi) is 6.26. The normalized spacial score (nSPS) is 14.6. The quantitative estimate of drug-likeness (QED) is 0.392. The number of halogens is 3. The summed E-state index contributed by atoms with van der Waals surface area (Å²) < 4.78 is 45.4. The van der Waals surface area contributed by atoms with E-state index in [0.717, 1.165) is 42.1 Å². The monoisotopic (exact) mass is 511 g/mol. The third-order valence-electron chi connectivity index (χ3n) is 6.97. The molecule has 0 spiro atoms. The van der Waals surface area contributed by atoms with Gasteiger partial charge in [-0.1, -0.05) is 12.1 Å². The summed E-state index contributed by atoms with van der Waals surface area (Å²) in [6, 6.07) is 5.01. The molecule has 194 valence electrons. The van der Waals surface area contributed by atoms with E-state index >= 15 is 4.39 Å². The van der Waals surface area contributed by atoms with Gasteiger partial charge in [0.05, 0.1) is 52.6 Å². The van der Waals surface area contributed by atoms with Crippen molar-refractivity contribution in [2.75, 3.05) is 23.4 Å². The molecule has 0 unspecified atom stereocenters. The van der Waals surface area contributed by atoms with Crippen LogP contribution in [0.3, 0.4) is 0 Å². The summed E-state index contributed by atoms with van der Waals surface area (Å²) in [5.74, 6) is -3.38. The Bertz CT molecular complexity index is 1490. The topological polar surface area (TPSA) is 92.0 Å². The minimum Gasteiger partial charge on any atom is -0.390 e. The maximum atomic E-state index is 15.1. The average Bonchev–Trinajstić information content (AvgIpc) is 3.18. The Labute approximate surface area is 212 Å². The highest BCUT2D eigenvalue weighted by atomic mass is 19.3. The lowest BCUT2D eigenvalue weighted by molar-refractivity contribution is -0.0583. The lowest BCUT2D eigenvalue weighted by Gasteiger charge is -2.31. The molecule has 0 aliphatic carbocycles. The highest BCUT2D eigenvalue weighted by Gasteiger charge is 2.35. The van der Waals surface area contributed by atoms with Crippen molar-refractivity contribution in [3.05, 3.63) is 70.3 Å². The van der Waals surface area contributed by atoms with Crippen molar-refractivity contribution in [1.29, 1.82) is 0 Å².